The van der Waals surface area contributed by atoms with Crippen molar-refractivity contribution < 1.29 is 19.4 Å². The SMILES string of the molecule is O=C(C[C@@H]1CN(Cc2cccc(O)c2)[C@@H]2CO[C@@H](CC(=O)N3CCCC3)[C@H]12)N1CCCC1. The first kappa shape index (κ1) is 21.7. The van der Waals surface area contributed by atoms with Crippen LogP contribution in [-0.2, 0) is 20.9 Å². The molecule has 0 aromatic heterocycles. The third-order valence-corrected chi connectivity index (χ3v) is 7.86. The number of phenolic OH excluding ortho intramolecular Hbond substituents is 1. The maximum Gasteiger partial charge on any atom is 0.225 e. The van der Waals surface area contributed by atoms with Crippen molar-refractivity contribution in [1.29, 1.82) is 0 Å². The number of rotatable bonds is 6. The minimum atomic E-state index is -0.112. The van der Waals surface area contributed by atoms with Crippen molar-refractivity contribution >= 4 is 11.8 Å². The summed E-state index contributed by atoms with van der Waals surface area (Å²) in [6, 6.07) is 7.61. The fraction of sp³-hybridized carbons (Fsp3) is 0.680. The van der Waals surface area contributed by atoms with Gasteiger partial charge in [-0.15, -0.1) is 0 Å². The Hall–Kier alpha value is -2.12. The summed E-state index contributed by atoms with van der Waals surface area (Å²) in [6.07, 6.45) is 5.23. The van der Waals surface area contributed by atoms with Gasteiger partial charge in [-0.1, -0.05) is 12.1 Å². The number of hydrogen-bond donors (Lipinski definition) is 1. The van der Waals surface area contributed by atoms with Gasteiger partial charge in [-0.05, 0) is 49.3 Å². The van der Waals surface area contributed by atoms with Gasteiger partial charge in [0.2, 0.25) is 11.8 Å². The van der Waals surface area contributed by atoms with Gasteiger partial charge in [0.15, 0.2) is 0 Å². The van der Waals surface area contributed by atoms with E-state index < -0.39 is 0 Å². The van der Waals surface area contributed by atoms with Crippen LogP contribution in [0.15, 0.2) is 24.3 Å². The topological polar surface area (TPSA) is 73.3 Å². The second kappa shape index (κ2) is 9.40. The first-order valence-electron chi connectivity index (χ1n) is 12.3. The molecule has 2 amide bonds. The van der Waals surface area contributed by atoms with Crippen LogP contribution in [0.5, 0.6) is 5.75 Å². The van der Waals surface area contributed by atoms with Crippen molar-refractivity contribution in [3.63, 3.8) is 0 Å². The Morgan fingerprint density at radius 2 is 1.62 bits per heavy atom. The fourth-order valence-electron chi connectivity index (χ4n) is 6.27. The minimum Gasteiger partial charge on any atom is -0.508 e. The van der Waals surface area contributed by atoms with Crippen LogP contribution >= 0.6 is 0 Å². The first-order valence-corrected chi connectivity index (χ1v) is 12.3. The molecule has 4 aliphatic heterocycles. The van der Waals surface area contributed by atoms with Crippen molar-refractivity contribution in [2.24, 2.45) is 11.8 Å². The van der Waals surface area contributed by atoms with Crippen LogP contribution < -0.4 is 0 Å². The van der Waals surface area contributed by atoms with E-state index in [2.05, 4.69) is 4.90 Å². The number of benzene rings is 1. The molecule has 4 fully saturated rings. The summed E-state index contributed by atoms with van der Waals surface area (Å²) >= 11 is 0. The highest BCUT2D eigenvalue weighted by atomic mass is 16.5. The Balaban J connectivity index is 1.31. The lowest BCUT2D eigenvalue weighted by Crippen LogP contribution is -2.37. The summed E-state index contributed by atoms with van der Waals surface area (Å²) in [4.78, 5) is 32.2. The molecule has 0 aliphatic carbocycles. The number of carbonyl (C=O) groups is 2. The van der Waals surface area contributed by atoms with E-state index in [1.165, 1.54) is 0 Å². The predicted molar refractivity (Wildman–Crippen MR) is 120 cm³/mol. The van der Waals surface area contributed by atoms with E-state index in [0.717, 1.165) is 70.5 Å². The third-order valence-electron chi connectivity index (χ3n) is 7.86. The third kappa shape index (κ3) is 4.50. The van der Waals surface area contributed by atoms with Gasteiger partial charge in [-0.3, -0.25) is 14.5 Å². The average Bonchev–Trinajstić information content (AvgIpc) is 3.57. The van der Waals surface area contributed by atoms with Gasteiger partial charge in [0.25, 0.3) is 0 Å². The highest BCUT2D eigenvalue weighted by Crippen LogP contribution is 2.43. The lowest BCUT2D eigenvalue weighted by molar-refractivity contribution is -0.133. The monoisotopic (exact) mass is 441 g/mol. The Morgan fingerprint density at radius 3 is 2.28 bits per heavy atom. The van der Waals surface area contributed by atoms with E-state index in [9.17, 15) is 14.7 Å². The highest BCUT2D eigenvalue weighted by Gasteiger charge is 2.51. The van der Waals surface area contributed by atoms with E-state index >= 15 is 0 Å². The molecule has 4 heterocycles. The smallest absolute Gasteiger partial charge is 0.225 e. The Bertz CT molecular complexity index is 834. The summed E-state index contributed by atoms with van der Waals surface area (Å²) in [5, 5.41) is 9.88. The van der Waals surface area contributed by atoms with Crippen molar-refractivity contribution in [2.75, 3.05) is 39.3 Å². The zero-order chi connectivity index (χ0) is 22.1. The summed E-state index contributed by atoms with van der Waals surface area (Å²) in [5.41, 5.74) is 1.06. The summed E-state index contributed by atoms with van der Waals surface area (Å²) < 4.78 is 6.22. The number of amides is 2. The van der Waals surface area contributed by atoms with Crippen LogP contribution in [0.4, 0.5) is 0 Å². The molecule has 7 nitrogen and oxygen atoms in total. The number of hydrogen-bond acceptors (Lipinski definition) is 5. The standard InChI is InChI=1S/C25H35N3O4/c29-20-7-5-6-18(12-20)15-28-16-19(13-23(30)26-8-1-2-9-26)25-21(28)17-32-22(25)14-24(31)27-10-3-4-11-27/h5-7,12,19,21-22,25,29H,1-4,8-11,13-17H2/t19-,21-,22+,25-/m1/s1. The fourth-order valence-corrected chi connectivity index (χ4v) is 6.27. The Kier molecular flexibility index (Phi) is 6.37. The van der Waals surface area contributed by atoms with Crippen LogP contribution in [0.3, 0.4) is 0 Å². The molecule has 0 radical (unpaired) electrons. The number of fused-ring (bicyclic) bond motifs is 1. The van der Waals surface area contributed by atoms with E-state index in [4.69, 9.17) is 4.74 Å². The van der Waals surface area contributed by atoms with Crippen LogP contribution in [0.25, 0.3) is 0 Å². The largest absolute Gasteiger partial charge is 0.508 e. The minimum absolute atomic E-state index is 0.112. The molecule has 32 heavy (non-hydrogen) atoms. The maximum atomic E-state index is 13.0. The van der Waals surface area contributed by atoms with Crippen molar-refractivity contribution in [3.8, 4) is 5.75 Å². The molecule has 1 aromatic rings. The molecule has 0 unspecified atom stereocenters. The number of phenols is 1. The van der Waals surface area contributed by atoms with Crippen LogP contribution in [0.1, 0.15) is 44.1 Å². The molecular weight excluding hydrogens is 406 g/mol. The molecule has 1 aromatic carbocycles. The second-order valence-electron chi connectivity index (χ2n) is 9.96. The molecule has 5 rings (SSSR count). The second-order valence-corrected chi connectivity index (χ2v) is 9.96. The van der Waals surface area contributed by atoms with Crippen LogP contribution in [0, 0.1) is 11.8 Å². The number of likely N-dealkylation sites (tertiary alicyclic amines) is 3. The molecule has 7 heteroatoms. The van der Waals surface area contributed by atoms with Crippen LogP contribution in [-0.4, -0.2) is 83.1 Å². The van der Waals surface area contributed by atoms with Gasteiger partial charge in [-0.25, -0.2) is 0 Å². The van der Waals surface area contributed by atoms with Gasteiger partial charge >= 0.3 is 0 Å². The molecular formula is C25H35N3O4. The molecule has 4 saturated heterocycles. The maximum absolute atomic E-state index is 13.0. The van der Waals surface area contributed by atoms with Crippen molar-refractivity contribution in [3.05, 3.63) is 29.8 Å². The highest BCUT2D eigenvalue weighted by molar-refractivity contribution is 5.78. The molecule has 4 aliphatic rings. The lowest BCUT2D eigenvalue weighted by Gasteiger charge is -2.26. The zero-order valence-corrected chi connectivity index (χ0v) is 18.8. The summed E-state index contributed by atoms with van der Waals surface area (Å²) in [6.45, 7) is 5.64. The first-order chi connectivity index (χ1) is 15.6. The lowest BCUT2D eigenvalue weighted by atomic mass is 9.84. The molecule has 0 spiro atoms. The number of aromatic hydroxyl groups is 1. The Labute approximate surface area is 190 Å². The van der Waals surface area contributed by atoms with E-state index in [-0.39, 0.29) is 41.5 Å². The molecule has 174 valence electrons. The number of ether oxygens (including phenoxy) is 1. The molecule has 0 saturated carbocycles. The van der Waals surface area contributed by atoms with E-state index in [1.807, 2.05) is 28.0 Å². The molecule has 4 atom stereocenters. The van der Waals surface area contributed by atoms with Gasteiger partial charge in [-0.2, -0.15) is 0 Å². The zero-order valence-electron chi connectivity index (χ0n) is 18.8. The Morgan fingerprint density at radius 1 is 0.969 bits per heavy atom. The number of nitrogens with zero attached hydrogens (tertiary/aromatic N) is 3. The molecule has 0 bridgehead atoms. The summed E-state index contributed by atoms with van der Waals surface area (Å²) in [7, 11) is 0. The van der Waals surface area contributed by atoms with Gasteiger partial charge in [0, 0.05) is 57.6 Å². The van der Waals surface area contributed by atoms with E-state index in [0.29, 0.717) is 19.4 Å². The van der Waals surface area contributed by atoms with Gasteiger partial charge < -0.3 is 19.6 Å². The average molecular weight is 442 g/mol. The predicted octanol–water partition coefficient (Wildman–Crippen LogP) is 2.23. The van der Waals surface area contributed by atoms with Gasteiger partial charge in [0.1, 0.15) is 5.75 Å². The number of carbonyl (C=O) groups excluding carboxylic acids is 2. The van der Waals surface area contributed by atoms with Crippen LogP contribution in [0.2, 0.25) is 0 Å². The van der Waals surface area contributed by atoms with Crippen molar-refractivity contribution in [2.45, 2.75) is 57.2 Å². The quantitative estimate of drug-likeness (QED) is 0.733. The van der Waals surface area contributed by atoms with E-state index in [1.54, 1.807) is 6.07 Å². The normalized spacial score (nSPS) is 30.2. The molecule has 1 N–H and O–H groups in total. The van der Waals surface area contributed by atoms with Crippen molar-refractivity contribution in [1.82, 2.24) is 14.7 Å². The summed E-state index contributed by atoms with van der Waals surface area (Å²) in [5.74, 6) is 1.12. The van der Waals surface area contributed by atoms with Gasteiger partial charge in [0.05, 0.1) is 19.1 Å².